The highest BCUT2D eigenvalue weighted by molar-refractivity contribution is 6.33. The molecule has 5 nitrogen and oxygen atoms in total. The molecule has 0 atom stereocenters. The molecule has 1 aliphatic rings. The average molecular weight is 400 g/mol. The first-order valence-electron chi connectivity index (χ1n) is 9.61. The summed E-state index contributed by atoms with van der Waals surface area (Å²) in [7, 11) is 0. The van der Waals surface area contributed by atoms with Gasteiger partial charge in [0, 0.05) is 32.6 Å². The zero-order chi connectivity index (χ0) is 19.9. The Morgan fingerprint density at radius 2 is 1.79 bits per heavy atom. The summed E-state index contributed by atoms with van der Waals surface area (Å²) in [6, 6.07) is 15.5. The van der Waals surface area contributed by atoms with Crippen LogP contribution in [0.15, 0.2) is 48.5 Å². The second-order valence-corrected chi connectivity index (χ2v) is 7.58. The molecular weight excluding hydrogens is 374 g/mol. The van der Waals surface area contributed by atoms with Gasteiger partial charge in [-0.1, -0.05) is 53.6 Å². The molecule has 0 bridgehead atoms. The van der Waals surface area contributed by atoms with Crippen LogP contribution in [-0.2, 0) is 16.0 Å². The minimum atomic E-state index is -0.0904. The van der Waals surface area contributed by atoms with E-state index in [2.05, 4.69) is 35.3 Å². The fraction of sp³-hybridized carbons (Fsp3) is 0.364. The molecule has 0 saturated carbocycles. The lowest BCUT2D eigenvalue weighted by Crippen LogP contribution is -2.50. The molecule has 2 amide bonds. The maximum absolute atomic E-state index is 12.5. The fourth-order valence-corrected chi connectivity index (χ4v) is 3.57. The molecule has 6 heteroatoms. The number of carbonyl (C=O) groups is 2. The van der Waals surface area contributed by atoms with Crippen LogP contribution in [0.25, 0.3) is 0 Å². The molecule has 1 N–H and O–H groups in total. The molecule has 0 aromatic heterocycles. The van der Waals surface area contributed by atoms with E-state index in [9.17, 15) is 9.59 Å². The van der Waals surface area contributed by atoms with Crippen LogP contribution >= 0.6 is 11.6 Å². The van der Waals surface area contributed by atoms with Crippen LogP contribution < -0.4 is 5.32 Å². The van der Waals surface area contributed by atoms with E-state index in [1.54, 1.807) is 12.1 Å². The summed E-state index contributed by atoms with van der Waals surface area (Å²) in [6.45, 7) is 5.08. The van der Waals surface area contributed by atoms with E-state index in [-0.39, 0.29) is 11.8 Å². The lowest BCUT2D eigenvalue weighted by atomic mass is 10.1. The van der Waals surface area contributed by atoms with E-state index in [0.717, 1.165) is 6.42 Å². The van der Waals surface area contributed by atoms with E-state index in [1.165, 1.54) is 11.1 Å². The van der Waals surface area contributed by atoms with Gasteiger partial charge in [0.1, 0.15) is 0 Å². The van der Waals surface area contributed by atoms with Crippen molar-refractivity contribution < 1.29 is 9.59 Å². The molecule has 1 aliphatic heterocycles. The van der Waals surface area contributed by atoms with Crippen LogP contribution in [0.2, 0.25) is 5.02 Å². The Balaban J connectivity index is 1.40. The van der Waals surface area contributed by atoms with Crippen molar-refractivity contribution in [1.29, 1.82) is 0 Å². The van der Waals surface area contributed by atoms with Gasteiger partial charge in [0.25, 0.3) is 0 Å². The average Bonchev–Trinajstić information content (AvgIpc) is 2.68. The van der Waals surface area contributed by atoms with Gasteiger partial charge in [-0.3, -0.25) is 14.5 Å². The van der Waals surface area contributed by atoms with Crippen LogP contribution in [0.5, 0.6) is 0 Å². The molecule has 148 valence electrons. The van der Waals surface area contributed by atoms with Gasteiger partial charge in [-0.15, -0.1) is 0 Å². The Bertz CT molecular complexity index is 832. The zero-order valence-corrected chi connectivity index (χ0v) is 16.9. The molecule has 28 heavy (non-hydrogen) atoms. The second kappa shape index (κ2) is 9.71. The van der Waals surface area contributed by atoms with Crippen molar-refractivity contribution in [1.82, 2.24) is 9.80 Å². The largest absolute Gasteiger partial charge is 0.340 e. The van der Waals surface area contributed by atoms with Gasteiger partial charge in [0.05, 0.1) is 17.3 Å². The number of nitrogens with one attached hydrogen (secondary N) is 1. The minimum absolute atomic E-state index is 0.0904. The highest BCUT2D eigenvalue weighted by atomic mass is 35.5. The molecule has 2 aromatic carbocycles. The number of rotatable bonds is 6. The molecule has 1 fully saturated rings. The highest BCUT2D eigenvalue weighted by Gasteiger charge is 2.22. The van der Waals surface area contributed by atoms with E-state index >= 15 is 0 Å². The number of benzene rings is 2. The molecule has 1 saturated heterocycles. The Morgan fingerprint density at radius 3 is 2.50 bits per heavy atom. The van der Waals surface area contributed by atoms with Crippen molar-refractivity contribution in [2.45, 2.75) is 19.8 Å². The standard InChI is InChI=1S/C22H26ClN3O2/c1-17-5-4-6-18(15-17)9-10-22(28)26-13-11-25(12-14-26)16-21(27)24-20-8-3-2-7-19(20)23/h2-8,15H,9-14,16H2,1H3,(H,24,27). The topological polar surface area (TPSA) is 52.7 Å². The van der Waals surface area contributed by atoms with Crippen molar-refractivity contribution in [3.63, 3.8) is 0 Å². The first-order valence-corrected chi connectivity index (χ1v) is 9.99. The number of para-hydroxylation sites is 1. The van der Waals surface area contributed by atoms with Gasteiger partial charge in [0.2, 0.25) is 11.8 Å². The van der Waals surface area contributed by atoms with Gasteiger partial charge in [-0.25, -0.2) is 0 Å². The number of amides is 2. The molecular formula is C22H26ClN3O2. The van der Waals surface area contributed by atoms with Gasteiger partial charge in [0.15, 0.2) is 0 Å². The smallest absolute Gasteiger partial charge is 0.238 e. The number of piperazine rings is 1. The highest BCUT2D eigenvalue weighted by Crippen LogP contribution is 2.20. The molecule has 2 aromatic rings. The maximum Gasteiger partial charge on any atom is 0.238 e. The van der Waals surface area contributed by atoms with Gasteiger partial charge < -0.3 is 10.2 Å². The lowest BCUT2D eigenvalue weighted by molar-refractivity contribution is -0.133. The molecule has 0 aliphatic carbocycles. The number of hydrogen-bond acceptors (Lipinski definition) is 3. The van der Waals surface area contributed by atoms with Crippen LogP contribution in [0, 0.1) is 6.92 Å². The molecule has 3 rings (SSSR count). The Hall–Kier alpha value is -2.37. The number of carbonyl (C=O) groups excluding carboxylic acids is 2. The quantitative estimate of drug-likeness (QED) is 0.810. The molecule has 1 heterocycles. The van der Waals surface area contributed by atoms with Gasteiger partial charge in [-0.05, 0) is 31.0 Å². The van der Waals surface area contributed by atoms with Gasteiger partial charge >= 0.3 is 0 Å². The fourth-order valence-electron chi connectivity index (χ4n) is 3.39. The molecule has 0 unspecified atom stereocenters. The molecule has 0 spiro atoms. The summed E-state index contributed by atoms with van der Waals surface area (Å²) < 4.78 is 0. The number of anilines is 1. The lowest BCUT2D eigenvalue weighted by Gasteiger charge is -2.34. The summed E-state index contributed by atoms with van der Waals surface area (Å²) in [6.07, 6.45) is 1.29. The van der Waals surface area contributed by atoms with Crippen molar-refractivity contribution in [3.05, 3.63) is 64.7 Å². The maximum atomic E-state index is 12.5. The number of halogens is 1. The van der Waals surface area contributed by atoms with E-state index in [4.69, 9.17) is 11.6 Å². The third kappa shape index (κ3) is 5.81. The monoisotopic (exact) mass is 399 g/mol. The van der Waals surface area contributed by atoms with E-state index in [1.807, 2.05) is 23.1 Å². The number of hydrogen-bond donors (Lipinski definition) is 1. The summed E-state index contributed by atoms with van der Waals surface area (Å²) in [5.41, 5.74) is 3.04. The predicted octanol–water partition coefficient (Wildman–Crippen LogP) is 3.36. The van der Waals surface area contributed by atoms with E-state index in [0.29, 0.717) is 49.9 Å². The SMILES string of the molecule is Cc1cccc(CCC(=O)N2CCN(CC(=O)Nc3ccccc3Cl)CC2)c1. The minimum Gasteiger partial charge on any atom is -0.340 e. The van der Waals surface area contributed by atoms with Gasteiger partial charge in [-0.2, -0.15) is 0 Å². The Morgan fingerprint density at radius 1 is 1.04 bits per heavy atom. The Labute approximate surface area is 171 Å². The number of nitrogens with zero attached hydrogens (tertiary/aromatic N) is 2. The van der Waals surface area contributed by atoms with E-state index < -0.39 is 0 Å². The van der Waals surface area contributed by atoms with Crippen LogP contribution in [0.3, 0.4) is 0 Å². The summed E-state index contributed by atoms with van der Waals surface area (Å²) in [5, 5.41) is 3.37. The van der Waals surface area contributed by atoms with Crippen LogP contribution in [0.4, 0.5) is 5.69 Å². The first-order chi connectivity index (χ1) is 13.5. The second-order valence-electron chi connectivity index (χ2n) is 7.17. The predicted molar refractivity (Wildman–Crippen MR) is 113 cm³/mol. The summed E-state index contributed by atoms with van der Waals surface area (Å²) >= 11 is 6.08. The summed E-state index contributed by atoms with van der Waals surface area (Å²) in [5.74, 6) is 0.0917. The van der Waals surface area contributed by atoms with Crippen molar-refractivity contribution in [2.24, 2.45) is 0 Å². The zero-order valence-electron chi connectivity index (χ0n) is 16.2. The first kappa shape index (κ1) is 20.4. The normalized spacial score (nSPS) is 14.7. The van der Waals surface area contributed by atoms with Crippen molar-refractivity contribution in [2.75, 3.05) is 38.0 Å². The van der Waals surface area contributed by atoms with Crippen molar-refractivity contribution in [3.8, 4) is 0 Å². The Kier molecular flexibility index (Phi) is 7.06. The number of aryl methyl sites for hydroxylation is 2. The van der Waals surface area contributed by atoms with Crippen LogP contribution in [0.1, 0.15) is 17.5 Å². The molecule has 0 radical (unpaired) electrons. The van der Waals surface area contributed by atoms with Crippen LogP contribution in [-0.4, -0.2) is 54.3 Å². The van der Waals surface area contributed by atoms with Crippen molar-refractivity contribution >= 4 is 29.1 Å². The summed E-state index contributed by atoms with van der Waals surface area (Å²) in [4.78, 5) is 28.7. The third-order valence-corrected chi connectivity index (χ3v) is 5.28. The third-order valence-electron chi connectivity index (χ3n) is 4.95.